The van der Waals surface area contributed by atoms with Crippen LogP contribution in [0.25, 0.3) is 11.0 Å². The third-order valence-corrected chi connectivity index (χ3v) is 3.94. The van der Waals surface area contributed by atoms with Crippen LogP contribution < -0.4 is 10.6 Å². The Morgan fingerprint density at radius 3 is 2.88 bits per heavy atom. The summed E-state index contributed by atoms with van der Waals surface area (Å²) in [6.07, 6.45) is 2.78. The lowest BCUT2D eigenvalue weighted by Crippen LogP contribution is -2.30. The number of amides is 1. The first kappa shape index (κ1) is 18.5. The SMILES string of the molecule is CCCNc1nc(SCC)nc2c1cnn2CCNC(=O)COC. The number of fused-ring (bicyclic) bond motifs is 1. The summed E-state index contributed by atoms with van der Waals surface area (Å²) in [7, 11) is 1.50. The number of carbonyl (C=O) groups is 1. The highest BCUT2D eigenvalue weighted by Gasteiger charge is 2.13. The van der Waals surface area contributed by atoms with Gasteiger partial charge in [-0.1, -0.05) is 25.6 Å². The Kier molecular flexibility index (Phi) is 7.26. The van der Waals surface area contributed by atoms with E-state index in [0.717, 1.165) is 40.7 Å². The van der Waals surface area contributed by atoms with Gasteiger partial charge in [0.25, 0.3) is 0 Å². The van der Waals surface area contributed by atoms with E-state index in [1.165, 1.54) is 7.11 Å². The molecule has 0 aliphatic heterocycles. The van der Waals surface area contributed by atoms with Crippen molar-refractivity contribution in [2.75, 3.05) is 37.9 Å². The van der Waals surface area contributed by atoms with Crippen molar-refractivity contribution < 1.29 is 9.53 Å². The zero-order chi connectivity index (χ0) is 17.4. The van der Waals surface area contributed by atoms with Gasteiger partial charge in [0, 0.05) is 20.2 Å². The Balaban J connectivity index is 2.18. The number of hydrogen-bond donors (Lipinski definition) is 2. The zero-order valence-corrected chi connectivity index (χ0v) is 15.2. The fourth-order valence-corrected chi connectivity index (χ4v) is 2.72. The summed E-state index contributed by atoms with van der Waals surface area (Å²) in [6.45, 7) is 6.10. The molecule has 0 aliphatic rings. The van der Waals surface area contributed by atoms with E-state index >= 15 is 0 Å². The Morgan fingerprint density at radius 1 is 1.33 bits per heavy atom. The van der Waals surface area contributed by atoms with E-state index in [1.807, 2.05) is 0 Å². The topological polar surface area (TPSA) is 94.0 Å². The first-order chi connectivity index (χ1) is 11.7. The van der Waals surface area contributed by atoms with Gasteiger partial charge in [0.05, 0.1) is 18.1 Å². The zero-order valence-electron chi connectivity index (χ0n) is 14.3. The fraction of sp³-hybridized carbons (Fsp3) is 0.600. The van der Waals surface area contributed by atoms with Crippen molar-refractivity contribution in [1.29, 1.82) is 0 Å². The minimum absolute atomic E-state index is 0.0599. The molecule has 0 spiro atoms. The average molecular weight is 352 g/mol. The van der Waals surface area contributed by atoms with E-state index in [4.69, 9.17) is 4.74 Å². The van der Waals surface area contributed by atoms with Gasteiger partial charge in [-0.05, 0) is 12.2 Å². The molecule has 2 rings (SSSR count). The van der Waals surface area contributed by atoms with Crippen LogP contribution in [0, 0.1) is 0 Å². The monoisotopic (exact) mass is 352 g/mol. The van der Waals surface area contributed by atoms with Crippen molar-refractivity contribution >= 4 is 34.5 Å². The number of nitrogens with zero attached hydrogens (tertiary/aromatic N) is 4. The summed E-state index contributed by atoms with van der Waals surface area (Å²) in [5.41, 5.74) is 0.778. The molecule has 0 radical (unpaired) electrons. The molecule has 0 fully saturated rings. The average Bonchev–Trinajstić information content (AvgIpc) is 2.96. The molecule has 132 valence electrons. The second-order valence-corrected chi connectivity index (χ2v) is 6.33. The number of methoxy groups -OCH3 is 1. The molecule has 0 atom stereocenters. The van der Waals surface area contributed by atoms with Crippen molar-refractivity contribution in [2.24, 2.45) is 0 Å². The van der Waals surface area contributed by atoms with Crippen LogP contribution in [0.5, 0.6) is 0 Å². The van der Waals surface area contributed by atoms with Gasteiger partial charge in [-0.25, -0.2) is 14.6 Å². The van der Waals surface area contributed by atoms with Gasteiger partial charge in [-0.2, -0.15) is 5.10 Å². The number of nitrogens with one attached hydrogen (secondary N) is 2. The molecular weight excluding hydrogens is 328 g/mol. The number of hydrogen-bond acceptors (Lipinski definition) is 7. The predicted molar refractivity (Wildman–Crippen MR) is 95.4 cm³/mol. The van der Waals surface area contributed by atoms with Crippen molar-refractivity contribution in [1.82, 2.24) is 25.1 Å². The molecule has 0 saturated heterocycles. The molecule has 2 aromatic heterocycles. The van der Waals surface area contributed by atoms with Crippen molar-refractivity contribution in [3.8, 4) is 0 Å². The quantitative estimate of drug-likeness (QED) is 0.494. The van der Waals surface area contributed by atoms with E-state index in [1.54, 1.807) is 22.6 Å². The minimum Gasteiger partial charge on any atom is -0.375 e. The highest BCUT2D eigenvalue weighted by atomic mass is 32.2. The van der Waals surface area contributed by atoms with Crippen LogP contribution in [0.1, 0.15) is 20.3 Å². The number of thioether (sulfide) groups is 1. The van der Waals surface area contributed by atoms with E-state index in [-0.39, 0.29) is 12.5 Å². The van der Waals surface area contributed by atoms with Gasteiger partial charge in [0.2, 0.25) is 5.91 Å². The van der Waals surface area contributed by atoms with Gasteiger partial charge in [0.1, 0.15) is 12.4 Å². The normalized spacial score (nSPS) is 11.0. The lowest BCUT2D eigenvalue weighted by atomic mass is 10.3. The van der Waals surface area contributed by atoms with E-state index < -0.39 is 0 Å². The first-order valence-electron chi connectivity index (χ1n) is 8.05. The predicted octanol–water partition coefficient (Wildman–Crippen LogP) is 1.52. The lowest BCUT2D eigenvalue weighted by molar-refractivity contribution is -0.124. The number of ether oxygens (including phenoxy) is 1. The molecule has 0 unspecified atom stereocenters. The highest BCUT2D eigenvalue weighted by molar-refractivity contribution is 7.99. The molecule has 8 nitrogen and oxygen atoms in total. The third-order valence-electron chi connectivity index (χ3n) is 3.21. The maximum Gasteiger partial charge on any atom is 0.246 e. The second-order valence-electron chi connectivity index (χ2n) is 5.10. The van der Waals surface area contributed by atoms with Crippen LogP contribution >= 0.6 is 11.8 Å². The van der Waals surface area contributed by atoms with Crippen LogP contribution in [-0.2, 0) is 16.1 Å². The molecule has 0 bridgehead atoms. The van der Waals surface area contributed by atoms with Gasteiger partial charge >= 0.3 is 0 Å². The number of anilines is 1. The van der Waals surface area contributed by atoms with E-state index in [9.17, 15) is 4.79 Å². The maximum absolute atomic E-state index is 11.4. The van der Waals surface area contributed by atoms with Crippen molar-refractivity contribution in [3.05, 3.63) is 6.20 Å². The summed E-state index contributed by atoms with van der Waals surface area (Å²) in [5.74, 6) is 1.57. The summed E-state index contributed by atoms with van der Waals surface area (Å²) >= 11 is 1.60. The Labute approximate surface area is 145 Å². The van der Waals surface area contributed by atoms with Crippen LogP contribution in [0.3, 0.4) is 0 Å². The standard InChI is InChI=1S/C15H24N6O2S/c1-4-6-17-13-11-9-18-21(8-7-16-12(22)10-23-3)14(11)20-15(19-13)24-5-2/h9H,4-8,10H2,1-3H3,(H,16,22)(H,17,19,20). The molecule has 2 heterocycles. The molecule has 9 heteroatoms. The Hall–Kier alpha value is -1.87. The van der Waals surface area contributed by atoms with Gasteiger partial charge in [-0.15, -0.1) is 0 Å². The highest BCUT2D eigenvalue weighted by Crippen LogP contribution is 2.24. The molecule has 1 amide bonds. The van der Waals surface area contributed by atoms with Crippen LogP contribution in [0.4, 0.5) is 5.82 Å². The fourth-order valence-electron chi connectivity index (χ4n) is 2.15. The van der Waals surface area contributed by atoms with E-state index in [0.29, 0.717) is 13.1 Å². The number of carbonyl (C=O) groups excluding carboxylic acids is 1. The molecule has 0 saturated carbocycles. The minimum atomic E-state index is -0.142. The van der Waals surface area contributed by atoms with Crippen LogP contribution in [-0.4, -0.2) is 58.2 Å². The van der Waals surface area contributed by atoms with Crippen LogP contribution in [0.2, 0.25) is 0 Å². The summed E-state index contributed by atoms with van der Waals surface area (Å²) in [4.78, 5) is 20.6. The summed E-state index contributed by atoms with van der Waals surface area (Å²) in [6, 6.07) is 0. The molecule has 0 aliphatic carbocycles. The smallest absolute Gasteiger partial charge is 0.246 e. The Morgan fingerprint density at radius 2 is 2.17 bits per heavy atom. The van der Waals surface area contributed by atoms with Crippen molar-refractivity contribution in [3.63, 3.8) is 0 Å². The maximum atomic E-state index is 11.4. The Bertz CT molecular complexity index is 675. The van der Waals surface area contributed by atoms with Gasteiger partial charge in [0.15, 0.2) is 10.8 Å². The summed E-state index contributed by atoms with van der Waals surface area (Å²) < 4.78 is 6.58. The number of aromatic nitrogens is 4. The first-order valence-corrected chi connectivity index (χ1v) is 9.04. The van der Waals surface area contributed by atoms with Gasteiger partial charge < -0.3 is 15.4 Å². The van der Waals surface area contributed by atoms with Crippen LogP contribution in [0.15, 0.2) is 11.4 Å². The van der Waals surface area contributed by atoms with E-state index in [2.05, 4.69) is 39.5 Å². The molecule has 2 aromatic rings. The molecule has 2 N–H and O–H groups in total. The largest absolute Gasteiger partial charge is 0.375 e. The number of rotatable bonds is 10. The summed E-state index contributed by atoms with van der Waals surface area (Å²) in [5, 5.41) is 12.1. The molecule has 24 heavy (non-hydrogen) atoms. The third kappa shape index (κ3) is 4.81. The van der Waals surface area contributed by atoms with Crippen molar-refractivity contribution in [2.45, 2.75) is 32.0 Å². The second kappa shape index (κ2) is 9.43. The molecular formula is C15H24N6O2S. The lowest BCUT2D eigenvalue weighted by Gasteiger charge is -2.09. The molecule has 0 aromatic carbocycles. The van der Waals surface area contributed by atoms with Gasteiger partial charge in [-0.3, -0.25) is 4.79 Å².